The van der Waals surface area contributed by atoms with Crippen LogP contribution in [-0.2, 0) is 0 Å². The van der Waals surface area contributed by atoms with Crippen LogP contribution in [0, 0.1) is 11.3 Å². The van der Waals surface area contributed by atoms with Crippen LogP contribution in [0.2, 0.25) is 0 Å². The van der Waals surface area contributed by atoms with Gasteiger partial charge in [-0.1, -0.05) is 40.5 Å². The molecule has 2 fully saturated rings. The van der Waals surface area contributed by atoms with E-state index in [1.807, 2.05) is 0 Å². The van der Waals surface area contributed by atoms with Gasteiger partial charge in [-0.25, -0.2) is 0 Å². The zero-order valence-corrected chi connectivity index (χ0v) is 13.5. The van der Waals surface area contributed by atoms with Gasteiger partial charge in [0, 0.05) is 31.7 Å². The largest absolute Gasteiger partial charge is 0.312 e. The molecule has 1 saturated heterocycles. The van der Waals surface area contributed by atoms with E-state index in [-0.39, 0.29) is 0 Å². The molecule has 2 atom stereocenters. The van der Waals surface area contributed by atoms with Gasteiger partial charge in [-0.05, 0) is 37.0 Å². The summed E-state index contributed by atoms with van der Waals surface area (Å²) in [6, 6.07) is 1.64. The van der Waals surface area contributed by atoms with Crippen molar-refractivity contribution >= 4 is 0 Å². The summed E-state index contributed by atoms with van der Waals surface area (Å²) in [4.78, 5) is 2.80. The molecule has 2 rings (SSSR count). The maximum atomic E-state index is 3.84. The Hall–Kier alpha value is -0.0800. The first-order valence-electron chi connectivity index (χ1n) is 8.45. The lowest BCUT2D eigenvalue weighted by molar-refractivity contribution is 0.0540. The first-order chi connectivity index (χ1) is 8.98. The monoisotopic (exact) mass is 266 g/mol. The Morgan fingerprint density at radius 3 is 2.42 bits per heavy atom. The van der Waals surface area contributed by atoms with Crippen molar-refractivity contribution in [3.63, 3.8) is 0 Å². The van der Waals surface area contributed by atoms with E-state index in [1.165, 1.54) is 51.6 Å². The van der Waals surface area contributed by atoms with E-state index in [0.29, 0.717) is 5.41 Å². The highest BCUT2D eigenvalue weighted by molar-refractivity contribution is 4.90. The SMILES string of the molecule is CCCC1CC(NCC(C)(C)C)CN(C2CCC2)C1. The molecule has 112 valence electrons. The summed E-state index contributed by atoms with van der Waals surface area (Å²) in [6.45, 7) is 13.1. The summed E-state index contributed by atoms with van der Waals surface area (Å²) in [5, 5.41) is 3.84. The first-order valence-corrected chi connectivity index (χ1v) is 8.45. The van der Waals surface area contributed by atoms with E-state index in [9.17, 15) is 0 Å². The Bertz CT molecular complexity index is 265. The average molecular weight is 266 g/mol. The van der Waals surface area contributed by atoms with Gasteiger partial charge >= 0.3 is 0 Å². The Morgan fingerprint density at radius 2 is 1.89 bits per heavy atom. The molecule has 0 radical (unpaired) electrons. The van der Waals surface area contributed by atoms with E-state index in [0.717, 1.165) is 24.5 Å². The normalized spacial score (nSPS) is 30.3. The number of hydrogen-bond acceptors (Lipinski definition) is 2. The number of nitrogens with one attached hydrogen (secondary N) is 1. The van der Waals surface area contributed by atoms with Crippen LogP contribution in [-0.4, -0.2) is 36.6 Å². The van der Waals surface area contributed by atoms with Gasteiger partial charge in [-0.2, -0.15) is 0 Å². The van der Waals surface area contributed by atoms with Crippen molar-refractivity contribution in [1.82, 2.24) is 10.2 Å². The molecule has 2 heteroatoms. The van der Waals surface area contributed by atoms with Crippen molar-refractivity contribution in [3.8, 4) is 0 Å². The molecule has 0 bridgehead atoms. The maximum Gasteiger partial charge on any atom is 0.0198 e. The molecular formula is C17H34N2. The topological polar surface area (TPSA) is 15.3 Å². The Morgan fingerprint density at radius 1 is 1.16 bits per heavy atom. The molecule has 0 spiro atoms. The van der Waals surface area contributed by atoms with Crippen molar-refractivity contribution in [2.75, 3.05) is 19.6 Å². The fourth-order valence-electron chi connectivity index (χ4n) is 3.51. The van der Waals surface area contributed by atoms with E-state index in [2.05, 4.69) is 37.9 Å². The smallest absolute Gasteiger partial charge is 0.0198 e. The molecule has 2 aliphatic rings. The van der Waals surface area contributed by atoms with Gasteiger partial charge in [-0.3, -0.25) is 4.90 Å². The Kier molecular flexibility index (Phi) is 5.30. The third-order valence-corrected chi connectivity index (χ3v) is 4.77. The summed E-state index contributed by atoms with van der Waals surface area (Å²) >= 11 is 0. The number of rotatable bonds is 5. The predicted octanol–water partition coefficient (Wildman–Crippen LogP) is 3.67. The van der Waals surface area contributed by atoms with Crippen LogP contribution in [0.15, 0.2) is 0 Å². The average Bonchev–Trinajstić information content (AvgIpc) is 2.23. The lowest BCUT2D eigenvalue weighted by Gasteiger charge is -2.46. The maximum absolute atomic E-state index is 3.84. The van der Waals surface area contributed by atoms with Gasteiger partial charge in [0.1, 0.15) is 0 Å². The summed E-state index contributed by atoms with van der Waals surface area (Å²) in [5.41, 5.74) is 0.402. The fourth-order valence-corrected chi connectivity index (χ4v) is 3.51. The summed E-state index contributed by atoms with van der Waals surface area (Å²) in [7, 11) is 0. The van der Waals surface area contributed by atoms with Crippen LogP contribution in [0.3, 0.4) is 0 Å². The van der Waals surface area contributed by atoms with E-state index in [4.69, 9.17) is 0 Å². The van der Waals surface area contributed by atoms with Gasteiger partial charge < -0.3 is 5.32 Å². The highest BCUT2D eigenvalue weighted by Crippen LogP contribution is 2.30. The zero-order chi connectivity index (χ0) is 13.9. The third kappa shape index (κ3) is 4.75. The van der Waals surface area contributed by atoms with Gasteiger partial charge in [0.2, 0.25) is 0 Å². The van der Waals surface area contributed by atoms with Gasteiger partial charge in [0.25, 0.3) is 0 Å². The third-order valence-electron chi connectivity index (χ3n) is 4.77. The van der Waals surface area contributed by atoms with Gasteiger partial charge in [-0.15, -0.1) is 0 Å². The quantitative estimate of drug-likeness (QED) is 0.817. The van der Waals surface area contributed by atoms with Crippen LogP contribution < -0.4 is 5.32 Å². The van der Waals surface area contributed by atoms with Crippen molar-refractivity contribution in [2.24, 2.45) is 11.3 Å². The molecule has 19 heavy (non-hydrogen) atoms. The Labute approximate surface area is 120 Å². The molecular weight excluding hydrogens is 232 g/mol. The molecule has 0 aromatic rings. The van der Waals surface area contributed by atoms with Crippen molar-refractivity contribution in [3.05, 3.63) is 0 Å². The Balaban J connectivity index is 1.86. The second kappa shape index (κ2) is 6.58. The molecule has 2 nitrogen and oxygen atoms in total. The number of piperidine rings is 1. The van der Waals surface area contributed by atoms with Gasteiger partial charge in [0.15, 0.2) is 0 Å². The van der Waals surface area contributed by atoms with Gasteiger partial charge in [0.05, 0.1) is 0 Å². The lowest BCUT2D eigenvalue weighted by Crippen LogP contribution is -2.55. The summed E-state index contributed by atoms with van der Waals surface area (Å²) in [6.07, 6.45) is 8.51. The first kappa shape index (κ1) is 15.3. The standard InChI is InChI=1S/C17H34N2/c1-5-7-14-10-15(18-13-17(2,3)4)12-19(11-14)16-8-6-9-16/h14-16,18H,5-13H2,1-4H3. The van der Waals surface area contributed by atoms with Crippen LogP contribution in [0.25, 0.3) is 0 Å². The highest BCUT2D eigenvalue weighted by atomic mass is 15.2. The molecule has 1 N–H and O–H groups in total. The summed E-state index contributed by atoms with van der Waals surface area (Å²) < 4.78 is 0. The molecule has 1 aliphatic carbocycles. The van der Waals surface area contributed by atoms with Crippen LogP contribution in [0.4, 0.5) is 0 Å². The predicted molar refractivity (Wildman–Crippen MR) is 83.5 cm³/mol. The van der Waals surface area contributed by atoms with Crippen molar-refractivity contribution in [1.29, 1.82) is 0 Å². The highest BCUT2D eigenvalue weighted by Gasteiger charge is 2.33. The molecule has 0 amide bonds. The van der Waals surface area contributed by atoms with Crippen molar-refractivity contribution in [2.45, 2.75) is 78.3 Å². The second-order valence-electron chi connectivity index (χ2n) is 8.07. The lowest BCUT2D eigenvalue weighted by atomic mass is 9.84. The number of likely N-dealkylation sites (tertiary alicyclic amines) is 1. The van der Waals surface area contributed by atoms with Crippen LogP contribution >= 0.6 is 0 Å². The fraction of sp³-hybridized carbons (Fsp3) is 1.00. The molecule has 2 unspecified atom stereocenters. The molecule has 0 aromatic carbocycles. The minimum atomic E-state index is 0.402. The number of nitrogens with zero attached hydrogens (tertiary/aromatic N) is 1. The van der Waals surface area contributed by atoms with Crippen molar-refractivity contribution < 1.29 is 0 Å². The van der Waals surface area contributed by atoms with Crippen LogP contribution in [0.5, 0.6) is 0 Å². The number of hydrogen-bond donors (Lipinski definition) is 1. The minimum Gasteiger partial charge on any atom is -0.312 e. The minimum absolute atomic E-state index is 0.402. The summed E-state index contributed by atoms with van der Waals surface area (Å²) in [5.74, 6) is 0.928. The molecule has 1 aliphatic heterocycles. The van der Waals surface area contributed by atoms with E-state index < -0.39 is 0 Å². The second-order valence-corrected chi connectivity index (χ2v) is 8.07. The van der Waals surface area contributed by atoms with E-state index in [1.54, 1.807) is 0 Å². The van der Waals surface area contributed by atoms with Crippen LogP contribution in [0.1, 0.15) is 66.2 Å². The van der Waals surface area contributed by atoms with E-state index >= 15 is 0 Å². The molecule has 1 saturated carbocycles. The zero-order valence-electron chi connectivity index (χ0n) is 13.5. The molecule has 0 aromatic heterocycles. The molecule has 1 heterocycles.